The zero-order chi connectivity index (χ0) is 15.4. The highest BCUT2D eigenvalue weighted by Crippen LogP contribution is 2.32. The number of urea groups is 1. The fourth-order valence-electron chi connectivity index (χ4n) is 4.00. The van der Waals surface area contributed by atoms with Crippen LogP contribution < -0.4 is 5.32 Å². The average Bonchev–Trinajstić information content (AvgIpc) is 3.09. The van der Waals surface area contributed by atoms with Crippen LogP contribution >= 0.6 is 0 Å². The molecule has 2 heterocycles. The largest absolute Gasteiger partial charge is 0.353 e. The lowest BCUT2D eigenvalue weighted by molar-refractivity contribution is 0.184. The predicted octanol–water partition coefficient (Wildman–Crippen LogP) is 3.98. The molecule has 0 bridgehead atoms. The first-order valence-electron chi connectivity index (χ1n) is 8.94. The van der Waals surface area contributed by atoms with Crippen molar-refractivity contribution in [3.05, 3.63) is 24.0 Å². The van der Waals surface area contributed by atoms with Crippen LogP contribution in [0, 0.1) is 0 Å². The van der Waals surface area contributed by atoms with Gasteiger partial charge >= 0.3 is 6.03 Å². The minimum Gasteiger partial charge on any atom is -0.353 e. The van der Waals surface area contributed by atoms with Crippen LogP contribution in [0.15, 0.2) is 18.3 Å². The molecule has 1 aromatic rings. The summed E-state index contributed by atoms with van der Waals surface area (Å²) in [4.78, 5) is 14.8. The Kier molecular flexibility index (Phi) is 5.06. The quantitative estimate of drug-likeness (QED) is 0.881. The van der Waals surface area contributed by atoms with Crippen LogP contribution in [-0.2, 0) is 7.05 Å². The molecule has 22 heavy (non-hydrogen) atoms. The summed E-state index contributed by atoms with van der Waals surface area (Å²) in [7, 11) is 2.07. The molecule has 0 spiro atoms. The SMILES string of the molecule is Cn1cccc1C1CCCN1C(=O)NC1CCCCCCC1. The molecule has 1 N–H and O–H groups in total. The van der Waals surface area contributed by atoms with E-state index < -0.39 is 0 Å². The molecule has 4 nitrogen and oxygen atoms in total. The maximum Gasteiger partial charge on any atom is 0.318 e. The maximum atomic E-state index is 12.7. The number of nitrogens with zero attached hydrogens (tertiary/aromatic N) is 2. The summed E-state index contributed by atoms with van der Waals surface area (Å²) in [6.07, 6.45) is 13.1. The monoisotopic (exact) mass is 303 g/mol. The van der Waals surface area contributed by atoms with Gasteiger partial charge < -0.3 is 14.8 Å². The van der Waals surface area contributed by atoms with Gasteiger partial charge in [0.1, 0.15) is 0 Å². The zero-order valence-electron chi connectivity index (χ0n) is 13.8. The van der Waals surface area contributed by atoms with Gasteiger partial charge in [0, 0.05) is 31.5 Å². The van der Waals surface area contributed by atoms with Crippen molar-refractivity contribution in [3.63, 3.8) is 0 Å². The highest BCUT2D eigenvalue weighted by molar-refractivity contribution is 5.75. The molecule has 2 aliphatic rings. The van der Waals surface area contributed by atoms with Crippen LogP contribution in [0.4, 0.5) is 4.79 Å². The summed E-state index contributed by atoms with van der Waals surface area (Å²) in [6.45, 7) is 0.883. The lowest BCUT2D eigenvalue weighted by atomic mass is 9.97. The van der Waals surface area contributed by atoms with Crippen molar-refractivity contribution >= 4 is 6.03 Å². The molecule has 1 saturated heterocycles. The first kappa shape index (κ1) is 15.4. The van der Waals surface area contributed by atoms with Crippen LogP contribution in [0.2, 0.25) is 0 Å². The van der Waals surface area contributed by atoms with Gasteiger partial charge in [-0.1, -0.05) is 32.1 Å². The topological polar surface area (TPSA) is 37.3 Å². The fraction of sp³-hybridized carbons (Fsp3) is 0.722. The minimum atomic E-state index is 0.147. The van der Waals surface area contributed by atoms with E-state index in [9.17, 15) is 4.79 Å². The van der Waals surface area contributed by atoms with E-state index in [4.69, 9.17) is 0 Å². The van der Waals surface area contributed by atoms with Crippen molar-refractivity contribution < 1.29 is 4.79 Å². The molecule has 1 unspecified atom stereocenters. The third-order valence-corrected chi connectivity index (χ3v) is 5.27. The first-order valence-corrected chi connectivity index (χ1v) is 8.94. The van der Waals surface area contributed by atoms with Gasteiger partial charge in [-0.05, 0) is 37.8 Å². The number of hydrogen-bond acceptors (Lipinski definition) is 1. The molecule has 1 aliphatic carbocycles. The number of nitrogens with one attached hydrogen (secondary N) is 1. The Morgan fingerprint density at radius 2 is 1.82 bits per heavy atom. The number of hydrogen-bond donors (Lipinski definition) is 1. The summed E-state index contributed by atoms with van der Waals surface area (Å²) in [5.74, 6) is 0. The standard InChI is InChI=1S/C18H29N3O/c1-20-13-7-11-16(20)17-12-8-14-21(17)18(22)19-15-9-5-3-2-4-6-10-15/h7,11,13,15,17H,2-6,8-10,12,14H2,1H3,(H,19,22). The second kappa shape index (κ2) is 7.21. The number of aryl methyl sites for hydroxylation is 1. The van der Waals surface area contributed by atoms with Crippen LogP contribution in [-0.4, -0.2) is 28.1 Å². The Bertz CT molecular complexity index is 488. The Hall–Kier alpha value is -1.45. The number of carbonyl (C=O) groups is 1. The van der Waals surface area contributed by atoms with Crippen LogP contribution in [0.5, 0.6) is 0 Å². The molecule has 1 saturated carbocycles. The number of carbonyl (C=O) groups excluding carboxylic acids is 1. The number of aromatic nitrogens is 1. The highest BCUT2D eigenvalue weighted by Gasteiger charge is 2.32. The third-order valence-electron chi connectivity index (χ3n) is 5.27. The van der Waals surface area contributed by atoms with Gasteiger partial charge in [0.15, 0.2) is 0 Å². The first-order chi connectivity index (χ1) is 10.8. The normalized spacial score (nSPS) is 24.0. The summed E-state index contributed by atoms with van der Waals surface area (Å²) >= 11 is 0. The lowest BCUT2D eigenvalue weighted by Crippen LogP contribution is -2.45. The van der Waals surface area contributed by atoms with Crippen molar-refractivity contribution in [2.75, 3.05) is 6.54 Å². The van der Waals surface area contributed by atoms with E-state index in [1.807, 2.05) is 4.90 Å². The molecule has 1 aromatic heterocycles. The minimum absolute atomic E-state index is 0.147. The van der Waals surface area contributed by atoms with E-state index >= 15 is 0 Å². The molecule has 3 rings (SSSR count). The zero-order valence-corrected chi connectivity index (χ0v) is 13.8. The van der Waals surface area contributed by atoms with E-state index in [0.29, 0.717) is 6.04 Å². The summed E-state index contributed by atoms with van der Waals surface area (Å²) in [5, 5.41) is 3.32. The molecule has 0 radical (unpaired) electrons. The molecule has 2 fully saturated rings. The molecule has 1 atom stereocenters. The van der Waals surface area contributed by atoms with Crippen LogP contribution in [0.25, 0.3) is 0 Å². The van der Waals surface area contributed by atoms with Gasteiger partial charge in [0.25, 0.3) is 0 Å². The molecular weight excluding hydrogens is 274 g/mol. The summed E-state index contributed by atoms with van der Waals surface area (Å²) < 4.78 is 2.14. The maximum absolute atomic E-state index is 12.7. The van der Waals surface area contributed by atoms with Gasteiger partial charge in [0.2, 0.25) is 0 Å². The molecule has 122 valence electrons. The second-order valence-electron chi connectivity index (χ2n) is 6.89. The summed E-state index contributed by atoms with van der Waals surface area (Å²) in [5.41, 5.74) is 1.25. The van der Waals surface area contributed by atoms with Crippen molar-refractivity contribution in [3.8, 4) is 0 Å². The number of rotatable bonds is 2. The number of amides is 2. The Morgan fingerprint density at radius 1 is 1.09 bits per heavy atom. The van der Waals surface area contributed by atoms with E-state index in [0.717, 1.165) is 32.2 Å². The van der Waals surface area contributed by atoms with Gasteiger partial charge in [-0.15, -0.1) is 0 Å². The molecule has 4 heteroatoms. The highest BCUT2D eigenvalue weighted by atomic mass is 16.2. The van der Waals surface area contributed by atoms with Gasteiger partial charge in [-0.2, -0.15) is 0 Å². The average molecular weight is 303 g/mol. The van der Waals surface area contributed by atoms with E-state index in [2.05, 4.69) is 35.3 Å². The molecular formula is C18H29N3O. The molecule has 1 aliphatic heterocycles. The van der Waals surface area contributed by atoms with Crippen molar-refractivity contribution in [1.29, 1.82) is 0 Å². The summed E-state index contributed by atoms with van der Waals surface area (Å²) in [6, 6.07) is 4.98. The lowest BCUT2D eigenvalue weighted by Gasteiger charge is -2.29. The Balaban J connectivity index is 1.62. The Morgan fingerprint density at radius 3 is 2.50 bits per heavy atom. The van der Waals surface area contributed by atoms with E-state index in [1.54, 1.807) is 0 Å². The van der Waals surface area contributed by atoms with Crippen LogP contribution in [0.3, 0.4) is 0 Å². The fourth-order valence-corrected chi connectivity index (χ4v) is 4.00. The van der Waals surface area contributed by atoms with Crippen molar-refractivity contribution in [2.45, 2.75) is 69.9 Å². The van der Waals surface area contributed by atoms with Crippen molar-refractivity contribution in [2.24, 2.45) is 7.05 Å². The van der Waals surface area contributed by atoms with Gasteiger partial charge in [-0.25, -0.2) is 4.79 Å². The van der Waals surface area contributed by atoms with Crippen molar-refractivity contribution in [1.82, 2.24) is 14.8 Å². The second-order valence-corrected chi connectivity index (χ2v) is 6.89. The third kappa shape index (κ3) is 3.47. The van der Waals surface area contributed by atoms with E-state index in [1.165, 1.54) is 37.8 Å². The van der Waals surface area contributed by atoms with Gasteiger partial charge in [0.05, 0.1) is 6.04 Å². The number of likely N-dealkylation sites (tertiary alicyclic amines) is 1. The molecule has 2 amide bonds. The Labute approximate surface area is 133 Å². The smallest absolute Gasteiger partial charge is 0.318 e. The molecule has 0 aromatic carbocycles. The van der Waals surface area contributed by atoms with E-state index in [-0.39, 0.29) is 12.1 Å². The van der Waals surface area contributed by atoms with Crippen LogP contribution in [0.1, 0.15) is 69.5 Å². The predicted molar refractivity (Wildman–Crippen MR) is 88.7 cm³/mol. The van der Waals surface area contributed by atoms with Gasteiger partial charge in [-0.3, -0.25) is 0 Å².